The van der Waals surface area contributed by atoms with Crippen LogP contribution in [0.15, 0.2) is 64.5 Å². The van der Waals surface area contributed by atoms with Crippen LogP contribution in [0.4, 0.5) is 4.39 Å². The number of hydrogen-bond donors (Lipinski definition) is 2. The average molecular weight is 361 g/mol. The van der Waals surface area contributed by atoms with Gasteiger partial charge in [0.1, 0.15) is 5.82 Å². The second kappa shape index (κ2) is 10.6. The minimum atomic E-state index is -1.04. The first-order chi connectivity index (χ1) is 12.2. The zero-order valence-electron chi connectivity index (χ0n) is 14.4. The number of rotatable bonds is 8. The molecule has 0 fully saturated rings. The summed E-state index contributed by atoms with van der Waals surface area (Å²) in [4.78, 5) is 5.29. The molecule has 0 aliphatic heterocycles. The van der Waals surface area contributed by atoms with E-state index in [0.29, 0.717) is 24.8 Å². The molecule has 0 aliphatic rings. The van der Waals surface area contributed by atoms with Gasteiger partial charge in [-0.2, -0.15) is 0 Å². The molecule has 0 aliphatic carbocycles. The molecular formula is C19H24FN3OS. The van der Waals surface area contributed by atoms with Crippen LogP contribution >= 0.6 is 0 Å². The molecule has 1 atom stereocenters. The van der Waals surface area contributed by atoms with Gasteiger partial charge >= 0.3 is 0 Å². The van der Waals surface area contributed by atoms with Crippen molar-refractivity contribution in [2.75, 3.05) is 25.4 Å². The second-order valence-corrected chi connectivity index (χ2v) is 7.00. The maximum Gasteiger partial charge on any atom is 0.191 e. The van der Waals surface area contributed by atoms with Crippen LogP contribution in [-0.2, 0) is 17.2 Å². The van der Waals surface area contributed by atoms with Crippen LogP contribution in [0.3, 0.4) is 0 Å². The summed E-state index contributed by atoms with van der Waals surface area (Å²) in [6, 6.07) is 15.9. The highest BCUT2D eigenvalue weighted by molar-refractivity contribution is 7.85. The predicted molar refractivity (Wildman–Crippen MR) is 102 cm³/mol. The molecule has 0 bridgehead atoms. The van der Waals surface area contributed by atoms with Crippen molar-refractivity contribution in [1.29, 1.82) is 0 Å². The molecule has 6 heteroatoms. The van der Waals surface area contributed by atoms with Crippen LogP contribution in [0.2, 0.25) is 0 Å². The van der Waals surface area contributed by atoms with Crippen LogP contribution < -0.4 is 10.6 Å². The van der Waals surface area contributed by atoms with E-state index in [2.05, 4.69) is 15.6 Å². The van der Waals surface area contributed by atoms with Crippen LogP contribution in [-0.4, -0.2) is 35.6 Å². The van der Waals surface area contributed by atoms with E-state index < -0.39 is 10.8 Å². The highest BCUT2D eigenvalue weighted by Crippen LogP contribution is 2.05. The molecule has 0 heterocycles. The van der Waals surface area contributed by atoms with E-state index in [1.54, 1.807) is 12.1 Å². The first kappa shape index (κ1) is 19.1. The third-order valence-corrected chi connectivity index (χ3v) is 4.87. The van der Waals surface area contributed by atoms with E-state index in [-0.39, 0.29) is 5.82 Å². The smallest absolute Gasteiger partial charge is 0.191 e. The molecule has 2 aromatic rings. The van der Waals surface area contributed by atoms with Crippen molar-refractivity contribution in [2.45, 2.75) is 18.2 Å². The quantitative estimate of drug-likeness (QED) is 0.561. The normalized spacial score (nSPS) is 12.6. The summed E-state index contributed by atoms with van der Waals surface area (Å²) in [6.45, 7) is 3.93. The minimum Gasteiger partial charge on any atom is -0.357 e. The van der Waals surface area contributed by atoms with Crippen molar-refractivity contribution >= 4 is 16.8 Å². The Balaban J connectivity index is 1.79. The molecule has 0 saturated carbocycles. The molecule has 2 rings (SSSR count). The molecule has 0 radical (unpaired) electrons. The summed E-state index contributed by atoms with van der Waals surface area (Å²) in [5.74, 6) is 0.964. The average Bonchev–Trinajstić information content (AvgIpc) is 2.64. The molecule has 0 amide bonds. The summed E-state index contributed by atoms with van der Waals surface area (Å²) in [6.07, 6.45) is 0.778. The number of hydrogen-bond acceptors (Lipinski definition) is 2. The highest BCUT2D eigenvalue weighted by atomic mass is 32.2. The van der Waals surface area contributed by atoms with Gasteiger partial charge in [-0.05, 0) is 43.2 Å². The Labute approximate surface area is 151 Å². The fraction of sp³-hybridized carbons (Fsp3) is 0.316. The van der Waals surface area contributed by atoms with Crippen LogP contribution in [0.1, 0.15) is 12.5 Å². The van der Waals surface area contributed by atoms with E-state index in [1.165, 1.54) is 12.1 Å². The first-order valence-electron chi connectivity index (χ1n) is 8.39. The monoisotopic (exact) mass is 361 g/mol. The van der Waals surface area contributed by atoms with Gasteiger partial charge in [-0.3, -0.25) is 9.20 Å². The lowest BCUT2D eigenvalue weighted by Gasteiger charge is -2.11. The Morgan fingerprint density at radius 3 is 2.48 bits per heavy atom. The number of nitrogens with one attached hydrogen (secondary N) is 2. The molecule has 25 heavy (non-hydrogen) atoms. The zero-order chi connectivity index (χ0) is 17.9. The van der Waals surface area contributed by atoms with Gasteiger partial charge in [0, 0.05) is 23.7 Å². The van der Waals surface area contributed by atoms with Crippen molar-refractivity contribution in [3.05, 3.63) is 66.0 Å². The minimum absolute atomic E-state index is 0.224. The molecule has 0 aromatic heterocycles. The molecule has 134 valence electrons. The summed E-state index contributed by atoms with van der Waals surface area (Å²) in [5.41, 5.74) is 1.06. The molecular weight excluding hydrogens is 337 g/mol. The van der Waals surface area contributed by atoms with Crippen LogP contribution in [0.25, 0.3) is 0 Å². The van der Waals surface area contributed by atoms with Gasteiger partial charge in [0.15, 0.2) is 5.96 Å². The van der Waals surface area contributed by atoms with Crippen LogP contribution in [0.5, 0.6) is 0 Å². The fourth-order valence-corrected chi connectivity index (χ4v) is 3.20. The summed E-state index contributed by atoms with van der Waals surface area (Å²) in [7, 11) is -1.04. The molecule has 2 N–H and O–H groups in total. The van der Waals surface area contributed by atoms with E-state index in [0.717, 1.165) is 23.4 Å². The van der Waals surface area contributed by atoms with E-state index in [4.69, 9.17) is 0 Å². The van der Waals surface area contributed by atoms with Gasteiger partial charge < -0.3 is 10.6 Å². The Bertz CT molecular complexity index is 690. The van der Waals surface area contributed by atoms with Crippen molar-refractivity contribution in [3.63, 3.8) is 0 Å². The van der Waals surface area contributed by atoms with Crippen LogP contribution in [0, 0.1) is 5.82 Å². The molecule has 0 spiro atoms. The molecule has 1 unspecified atom stereocenters. The van der Waals surface area contributed by atoms with E-state index >= 15 is 0 Å². The second-order valence-electron chi connectivity index (χ2n) is 5.43. The van der Waals surface area contributed by atoms with Crippen molar-refractivity contribution < 1.29 is 8.60 Å². The lowest BCUT2D eigenvalue weighted by molar-refractivity contribution is 0.626. The third kappa shape index (κ3) is 7.05. The zero-order valence-corrected chi connectivity index (χ0v) is 15.2. The molecule has 2 aromatic carbocycles. The van der Waals surface area contributed by atoms with E-state index in [1.807, 2.05) is 37.3 Å². The molecule has 0 saturated heterocycles. The topological polar surface area (TPSA) is 53.5 Å². The lowest BCUT2D eigenvalue weighted by atomic mass is 10.1. The third-order valence-electron chi connectivity index (χ3n) is 3.52. The highest BCUT2D eigenvalue weighted by Gasteiger charge is 2.03. The number of halogens is 1. The fourth-order valence-electron chi connectivity index (χ4n) is 2.25. The number of benzene rings is 2. The predicted octanol–water partition coefficient (Wildman–Crippen LogP) is 2.73. The largest absolute Gasteiger partial charge is 0.357 e. The van der Waals surface area contributed by atoms with Crippen molar-refractivity contribution in [3.8, 4) is 0 Å². The first-order valence-corrected chi connectivity index (χ1v) is 9.71. The maximum atomic E-state index is 12.9. The molecule has 4 nitrogen and oxygen atoms in total. The maximum absolute atomic E-state index is 12.9. The Hall–Kier alpha value is -2.21. The number of nitrogens with zero attached hydrogens (tertiary/aromatic N) is 1. The van der Waals surface area contributed by atoms with Gasteiger partial charge in [-0.15, -0.1) is 0 Å². The summed E-state index contributed by atoms with van der Waals surface area (Å²) < 4.78 is 25.1. The van der Waals surface area contributed by atoms with Gasteiger partial charge in [0.25, 0.3) is 0 Å². The van der Waals surface area contributed by atoms with Crippen molar-refractivity contribution in [1.82, 2.24) is 10.6 Å². The Morgan fingerprint density at radius 1 is 1.08 bits per heavy atom. The lowest BCUT2D eigenvalue weighted by Crippen LogP contribution is -2.38. The summed E-state index contributed by atoms with van der Waals surface area (Å²) >= 11 is 0. The number of guanidine groups is 1. The van der Waals surface area contributed by atoms with Gasteiger partial charge in [0.2, 0.25) is 0 Å². The van der Waals surface area contributed by atoms with E-state index in [9.17, 15) is 8.60 Å². The Morgan fingerprint density at radius 2 is 1.80 bits per heavy atom. The number of aliphatic imine (C=N–C) groups is 1. The Kier molecular flexibility index (Phi) is 8.12. The summed E-state index contributed by atoms with van der Waals surface area (Å²) in [5, 5.41) is 6.41. The standard InChI is InChI=1S/C19H24FN3OS/c1-2-21-19(22-13-12-16-8-10-17(20)11-9-16)23-14-15-25(24)18-6-4-3-5-7-18/h3-11H,2,12-15H2,1H3,(H2,21,22,23). The SMILES string of the molecule is CCNC(=NCCS(=O)c1ccccc1)NCCc1ccc(F)cc1. The van der Waals surface area contributed by atoms with Crippen molar-refractivity contribution in [2.24, 2.45) is 4.99 Å². The van der Waals surface area contributed by atoms with Gasteiger partial charge in [-0.1, -0.05) is 30.3 Å². The van der Waals surface area contributed by atoms with Gasteiger partial charge in [0.05, 0.1) is 17.3 Å². The van der Waals surface area contributed by atoms with Gasteiger partial charge in [-0.25, -0.2) is 4.39 Å².